The number of nitrogens with zero attached hydrogens (tertiary/aromatic N) is 14. The maximum atomic E-state index is 13.7. The van der Waals surface area contributed by atoms with Gasteiger partial charge in [0, 0.05) is 150 Å². The first kappa shape index (κ1) is 86.5. The molecule has 0 aliphatic heterocycles. The first-order chi connectivity index (χ1) is 46.7. The van der Waals surface area contributed by atoms with E-state index < -0.39 is 187 Å². The van der Waals surface area contributed by atoms with Crippen molar-refractivity contribution in [2.75, 3.05) is 205 Å². The fraction of sp³-hybridized carbons (Fsp3) is 0.774. The smallest absolute Gasteiger partial charge is 0.0887 e. The molecule has 8 unspecified atom stereocenters. The van der Waals surface area contributed by atoms with Crippen molar-refractivity contribution in [1.82, 2.24) is 33.5 Å². The molecule has 0 saturated heterocycles. The van der Waals surface area contributed by atoms with Crippen LogP contribution in [0.4, 0.5) is 0 Å². The van der Waals surface area contributed by atoms with E-state index in [9.17, 15) is 44.7 Å². The molecule has 0 radical (unpaired) electrons. The Morgan fingerprint density at radius 3 is 0.485 bits per heavy atom. The largest absolute Gasteiger partial charge is 0.324 e. The van der Waals surface area contributed by atoms with Gasteiger partial charge >= 0.3 is 0 Å². The van der Waals surface area contributed by atoms with Crippen molar-refractivity contribution < 1.29 is 46.1 Å². The lowest BCUT2D eigenvalue weighted by Crippen LogP contribution is -2.30. The molecule has 0 fully saturated rings. The standard InChI is InChI=1S/C62H141N14O8P15/c1-40-63-70(10)93(33,49-64-71(11)94(34,51-66-73(13)96(36,55(2)41-85(17,18)77)56(3)42-86(19,20)78)52-67-74(14)97(37,57(4)43-87(21,22)79)58(5)44-88(23,24)80)50-65-72(12)95(35,53-68-75(15)98(38,59(6)45-89(25,26)81)60(7)46-90(27,28)82)54-69-76(16)99(39,61(8)47-91(29,30)83)62(9)48-92(31,32)84/h40,49-62H,33-39,41-48H2,1-32H3/i40D,49D,50D,51D,52D,53D,54D. The van der Waals surface area contributed by atoms with Gasteiger partial charge in [-0.15, -0.1) is 0 Å². The SMILES string of the molecule is [2H]C(C)=NN(C)P(=C)(C([2H])=NN(C)P(=C)(C([2H])=NN(C)P(=C)(C(C)CP(C)(C)=O)C(C)CP(C)(C)=O)C([2H])=NN(C)P(=C)(C(C)CP(C)(C)=O)C(C)CP(C)(C)=O)C([2H])=NN(C)P(=C)(C([2H])=NN(C)P(=C)(C(C)CP(C)(C)=O)C(C)CP(C)(C)=O)C([2H])=NN(C)P(=C)(C(C)CP(C)(C)=O)C(C)CP(C)(C)=O. The molecule has 0 aromatic heterocycles. The van der Waals surface area contributed by atoms with Gasteiger partial charge in [-0.1, -0.05) is 99.5 Å². The summed E-state index contributed by atoms with van der Waals surface area (Å²) in [7, 11) is -36.2. The van der Waals surface area contributed by atoms with Crippen LogP contribution in [0.2, 0.25) is 0 Å². The Bertz CT molecular complexity index is 3570. The van der Waals surface area contributed by atoms with Crippen molar-refractivity contribution in [3.8, 4) is 0 Å². The van der Waals surface area contributed by atoms with Crippen LogP contribution in [0, 0.1) is 0 Å². The van der Waals surface area contributed by atoms with E-state index in [4.69, 9.17) is 57.2 Å². The van der Waals surface area contributed by atoms with Gasteiger partial charge in [0.1, 0.15) is 0 Å². The molecule has 582 valence electrons. The Labute approximate surface area is 616 Å². The quantitative estimate of drug-likeness (QED) is 0.0313. The summed E-state index contributed by atoms with van der Waals surface area (Å²) in [6.45, 7) is 43.4. The summed E-state index contributed by atoms with van der Waals surface area (Å²) in [4.78, 5) is 0. The van der Waals surface area contributed by atoms with E-state index in [1.54, 1.807) is 154 Å². The Morgan fingerprint density at radius 2 is 0.374 bits per heavy atom. The van der Waals surface area contributed by atoms with E-state index in [2.05, 4.69) is 24.0 Å². The number of rotatable bonds is 44. The van der Waals surface area contributed by atoms with Gasteiger partial charge in [0.05, 0.1) is 123 Å². The minimum Gasteiger partial charge on any atom is -0.324 e. The third kappa shape index (κ3) is 31.8. The lowest BCUT2D eigenvalue weighted by atomic mass is 10.5. The summed E-state index contributed by atoms with van der Waals surface area (Å²) < 4.78 is 189. The number of hydrogen-bond acceptors (Lipinski definition) is 22. The molecule has 22 nitrogen and oxygen atoms in total. The first-order valence-corrected chi connectivity index (χ1v) is 69.0. The van der Waals surface area contributed by atoms with Crippen LogP contribution < -0.4 is 0 Å². The Balaban J connectivity index is 10.3. The van der Waals surface area contributed by atoms with Gasteiger partial charge in [-0.3, -0.25) is 33.5 Å². The topological polar surface area (TPSA) is 246 Å². The maximum Gasteiger partial charge on any atom is 0.0887 e. The predicted molar refractivity (Wildman–Crippen MR) is 488 cm³/mol. The molecule has 0 rings (SSSR count). The monoisotopic (exact) mass is 1680 g/mol. The molecule has 0 aromatic carbocycles. The van der Waals surface area contributed by atoms with Gasteiger partial charge in [0.2, 0.25) is 0 Å². The van der Waals surface area contributed by atoms with Gasteiger partial charge in [-0.2, -0.15) is 35.7 Å². The van der Waals surface area contributed by atoms with Gasteiger partial charge in [0.15, 0.2) is 0 Å². The van der Waals surface area contributed by atoms with Crippen molar-refractivity contribution in [2.45, 2.75) is 108 Å². The minimum absolute atomic E-state index is 0.237. The highest BCUT2D eigenvalue weighted by Gasteiger charge is 2.41. The van der Waals surface area contributed by atoms with Crippen molar-refractivity contribution in [2.24, 2.45) is 35.7 Å². The number of hydrazone groups is 7. The second kappa shape index (κ2) is 37.6. The zero-order valence-corrected chi connectivity index (χ0v) is 80.4. The van der Waals surface area contributed by atoms with E-state index in [0.717, 1.165) is 14.3 Å². The third-order valence-corrected chi connectivity index (χ3v) is 55.6. The summed E-state index contributed by atoms with van der Waals surface area (Å²) in [6.07, 6.45) is 34.5. The molecule has 0 saturated carbocycles. The lowest BCUT2D eigenvalue weighted by Gasteiger charge is -2.43. The zero-order chi connectivity index (χ0) is 84.8. The first-order valence-electron chi connectivity index (χ1n) is 36.1. The van der Waals surface area contributed by atoms with Crippen LogP contribution in [-0.4, -0.2) is 370 Å². The molecule has 37 heteroatoms. The van der Waals surface area contributed by atoms with Crippen LogP contribution in [0.3, 0.4) is 0 Å². The van der Waals surface area contributed by atoms with Gasteiger partial charge in [0.25, 0.3) is 0 Å². The van der Waals surface area contributed by atoms with E-state index >= 15 is 0 Å². The lowest BCUT2D eigenvalue weighted by molar-refractivity contribution is 0.564. The predicted octanol–water partition coefficient (Wildman–Crippen LogP) is 17.8. The molecule has 0 aliphatic carbocycles. The molecule has 0 bridgehead atoms. The van der Waals surface area contributed by atoms with Crippen molar-refractivity contribution >= 4 is 192 Å². The van der Waals surface area contributed by atoms with Crippen molar-refractivity contribution in [3.63, 3.8) is 0 Å². The molecule has 0 heterocycles. The summed E-state index contributed by atoms with van der Waals surface area (Å²) in [5.74, 6) is -3.69. The molecule has 0 N–H and O–H groups in total. The molecule has 8 atom stereocenters. The molecular formula is C62H141N14O8P15. The van der Waals surface area contributed by atoms with E-state index in [1.807, 2.05) is 55.4 Å². The molecule has 0 aliphatic rings. The molecule has 99 heavy (non-hydrogen) atoms. The molecular weight excluding hydrogens is 1530 g/mol. The second-order valence-corrected chi connectivity index (χ2v) is 83.8. The summed E-state index contributed by atoms with van der Waals surface area (Å²) in [6, 6.07) is 0. The van der Waals surface area contributed by atoms with Crippen molar-refractivity contribution in [3.05, 3.63) is 0 Å². The zero-order valence-electron chi connectivity index (χ0n) is 74.0. The minimum atomic E-state index is -4.32. The highest BCUT2D eigenvalue weighted by molar-refractivity contribution is 7.98. The second-order valence-electron chi connectivity index (χ2n) is 31.6. The highest BCUT2D eigenvalue weighted by Crippen LogP contribution is 2.68. The van der Waals surface area contributed by atoms with Crippen LogP contribution in [0.15, 0.2) is 35.7 Å². The van der Waals surface area contributed by atoms with Crippen LogP contribution in [0.25, 0.3) is 0 Å². The highest BCUT2D eigenvalue weighted by atomic mass is 31.2. The van der Waals surface area contributed by atoms with Gasteiger partial charge < -0.3 is 36.5 Å². The van der Waals surface area contributed by atoms with Crippen molar-refractivity contribution in [1.29, 1.82) is 0 Å². The fourth-order valence-electron chi connectivity index (χ4n) is 12.2. The van der Waals surface area contributed by atoms with Crippen LogP contribution in [0.5, 0.6) is 0 Å². The summed E-state index contributed by atoms with van der Waals surface area (Å²) in [5.41, 5.74) is -3.16. The van der Waals surface area contributed by atoms with Crippen LogP contribution >= 0.6 is 106 Å². The Hall–Kier alpha value is 0.230. The van der Waals surface area contributed by atoms with E-state index in [1.165, 1.54) is 28.1 Å². The van der Waals surface area contributed by atoms with E-state index in [-0.39, 0.29) is 55.5 Å². The average Bonchev–Trinajstić information content (AvgIpc) is 0.762. The molecule has 0 spiro atoms. The average molecular weight is 1680 g/mol. The molecule has 0 aromatic rings. The van der Waals surface area contributed by atoms with Gasteiger partial charge in [-0.05, 0) is 142 Å². The normalized spacial score (nSPS) is 22.5. The van der Waals surface area contributed by atoms with E-state index in [0.29, 0.717) is 0 Å². The fourth-order valence-corrected chi connectivity index (χ4v) is 53.5. The third-order valence-electron chi connectivity index (χ3n) is 17.7. The maximum absolute atomic E-state index is 13.7. The number of hydrogen-bond donors (Lipinski definition) is 0. The Kier molecular flexibility index (Phi) is 32.8. The van der Waals surface area contributed by atoms with Crippen LogP contribution in [0.1, 0.15) is 71.9 Å². The Morgan fingerprint density at radius 1 is 0.263 bits per heavy atom. The van der Waals surface area contributed by atoms with Gasteiger partial charge in [-0.25, -0.2) is 0 Å². The summed E-state index contributed by atoms with van der Waals surface area (Å²) in [5, 5.41) is 33.7. The summed E-state index contributed by atoms with van der Waals surface area (Å²) >= 11 is 0. The molecule has 0 amide bonds. The van der Waals surface area contributed by atoms with Crippen LogP contribution in [-0.2, 0) is 36.5 Å².